The van der Waals surface area contributed by atoms with Gasteiger partial charge in [-0.05, 0) is 42.5 Å². The Balaban J connectivity index is 1.64. The molecule has 0 aliphatic carbocycles. The number of methoxy groups -OCH3 is 1. The monoisotopic (exact) mass is 493 g/mol. The lowest BCUT2D eigenvalue weighted by Gasteiger charge is -2.22. The zero-order valence-electron chi connectivity index (χ0n) is 20.5. The summed E-state index contributed by atoms with van der Waals surface area (Å²) in [5.41, 5.74) is 2.27. The Morgan fingerprint density at radius 1 is 1.11 bits per heavy atom. The van der Waals surface area contributed by atoms with Crippen molar-refractivity contribution in [1.29, 1.82) is 0 Å². The molecule has 1 heterocycles. The normalized spacial score (nSPS) is 11.6. The van der Waals surface area contributed by atoms with Crippen molar-refractivity contribution in [3.63, 3.8) is 0 Å². The minimum absolute atomic E-state index is 0.156. The Morgan fingerprint density at radius 3 is 2.42 bits per heavy atom. The molecule has 0 radical (unpaired) electrons. The molecule has 2 N–H and O–H groups in total. The molecule has 3 aromatic rings. The van der Waals surface area contributed by atoms with E-state index in [1.54, 1.807) is 43.4 Å². The van der Waals surface area contributed by atoms with Crippen LogP contribution in [0.15, 0.2) is 65.6 Å². The number of carboxylic acid groups (broad SMARTS) is 1. The van der Waals surface area contributed by atoms with Gasteiger partial charge in [0.2, 0.25) is 5.91 Å². The van der Waals surface area contributed by atoms with Gasteiger partial charge in [0.25, 0.3) is 5.56 Å². The third-order valence-corrected chi connectivity index (χ3v) is 6.03. The number of amides is 1. The maximum absolute atomic E-state index is 12.7. The van der Waals surface area contributed by atoms with E-state index in [2.05, 4.69) is 5.10 Å². The topological polar surface area (TPSA) is 122 Å². The smallest absolute Gasteiger partial charge is 0.306 e. The minimum Gasteiger partial charge on any atom is -0.494 e. The third kappa shape index (κ3) is 6.57. The van der Waals surface area contributed by atoms with E-state index in [1.165, 1.54) is 22.9 Å². The lowest BCUT2D eigenvalue weighted by Crippen LogP contribution is -2.33. The van der Waals surface area contributed by atoms with Gasteiger partial charge >= 0.3 is 5.97 Å². The average Bonchev–Trinajstić information content (AvgIpc) is 2.89. The number of carboxylic acids is 1. The Labute approximate surface area is 209 Å². The molecule has 0 bridgehead atoms. The number of hydrogen-bond acceptors (Lipinski definition) is 6. The third-order valence-electron chi connectivity index (χ3n) is 6.03. The number of carbonyl (C=O) groups excluding carboxylic acids is 1. The van der Waals surface area contributed by atoms with Crippen molar-refractivity contribution in [2.75, 3.05) is 25.2 Å². The number of anilines is 1. The number of hydrogen-bond donors (Lipinski definition) is 2. The van der Waals surface area contributed by atoms with Crippen LogP contribution in [0.25, 0.3) is 11.1 Å². The number of para-hydroxylation sites is 1. The van der Waals surface area contributed by atoms with Crippen LogP contribution in [-0.2, 0) is 23.1 Å². The van der Waals surface area contributed by atoms with E-state index in [4.69, 9.17) is 4.74 Å². The van der Waals surface area contributed by atoms with E-state index in [0.717, 1.165) is 5.56 Å². The second-order valence-electron chi connectivity index (χ2n) is 8.45. The molecule has 0 saturated carbocycles. The molecule has 0 fully saturated rings. The summed E-state index contributed by atoms with van der Waals surface area (Å²) in [7, 11) is 3.03. The predicted molar refractivity (Wildman–Crippen MR) is 136 cm³/mol. The second-order valence-corrected chi connectivity index (χ2v) is 8.45. The summed E-state index contributed by atoms with van der Waals surface area (Å²) < 4.78 is 6.52. The fourth-order valence-corrected chi connectivity index (χ4v) is 4.09. The fourth-order valence-electron chi connectivity index (χ4n) is 4.09. The van der Waals surface area contributed by atoms with Crippen LogP contribution in [-0.4, -0.2) is 52.1 Å². The summed E-state index contributed by atoms with van der Waals surface area (Å²) in [6.45, 7) is 0.0226. The van der Waals surface area contributed by atoms with Crippen LogP contribution in [0.4, 0.5) is 5.69 Å². The van der Waals surface area contributed by atoms with Gasteiger partial charge in [0, 0.05) is 25.7 Å². The summed E-state index contributed by atoms with van der Waals surface area (Å²) in [6.07, 6.45) is 2.71. The van der Waals surface area contributed by atoms with Crippen LogP contribution < -0.4 is 15.2 Å². The van der Waals surface area contributed by atoms with Gasteiger partial charge in [0.05, 0.1) is 31.4 Å². The number of carbonyl (C=O) groups is 2. The highest BCUT2D eigenvalue weighted by Crippen LogP contribution is 2.26. The molecule has 2 aromatic carbocycles. The number of rotatable bonds is 12. The molecule has 0 aliphatic rings. The van der Waals surface area contributed by atoms with E-state index in [0.29, 0.717) is 41.8 Å². The number of nitrogens with zero attached hydrogens (tertiary/aromatic N) is 3. The molecule has 0 unspecified atom stereocenters. The van der Waals surface area contributed by atoms with E-state index in [1.807, 2.05) is 18.2 Å². The summed E-state index contributed by atoms with van der Waals surface area (Å²) in [5, 5.41) is 23.1. The number of aliphatic carboxylic acids is 1. The highest BCUT2D eigenvalue weighted by molar-refractivity contribution is 5.93. The molecule has 1 amide bonds. The minimum atomic E-state index is -0.925. The standard InChI is InChI=1S/C27H31N3O6/c1-29-26(33)25(23(36-2)18-28-29)20-13-11-19(12-14-20)17-21(27(34)35)7-6-10-24(32)30(15-16-31)22-8-4-3-5-9-22/h3-5,8-9,11-14,18,21,31H,6-7,10,15-17H2,1-2H3,(H,34,35)/t21-/m0/s1. The molecule has 9 heteroatoms. The first-order valence-corrected chi connectivity index (χ1v) is 11.7. The highest BCUT2D eigenvalue weighted by Gasteiger charge is 2.21. The first-order chi connectivity index (χ1) is 17.3. The SMILES string of the molecule is COc1cnn(C)c(=O)c1-c1ccc(C[C@H](CCCC(=O)N(CCO)c2ccccc2)C(=O)O)cc1. The Bertz CT molecular complexity index is 1220. The molecule has 190 valence electrons. The zero-order valence-corrected chi connectivity index (χ0v) is 20.5. The molecular weight excluding hydrogens is 462 g/mol. The number of aryl methyl sites for hydroxylation is 1. The molecule has 9 nitrogen and oxygen atoms in total. The van der Waals surface area contributed by atoms with Gasteiger partial charge in [0.15, 0.2) is 5.75 Å². The van der Waals surface area contributed by atoms with Gasteiger partial charge < -0.3 is 19.8 Å². The Hall–Kier alpha value is -3.98. The summed E-state index contributed by atoms with van der Waals surface area (Å²) >= 11 is 0. The van der Waals surface area contributed by atoms with Crippen molar-refractivity contribution in [3.05, 3.63) is 76.7 Å². The molecule has 0 saturated heterocycles. The average molecular weight is 494 g/mol. The van der Waals surface area contributed by atoms with Gasteiger partial charge in [-0.1, -0.05) is 42.5 Å². The van der Waals surface area contributed by atoms with Crippen molar-refractivity contribution < 1.29 is 24.5 Å². The molecule has 3 rings (SSSR count). The van der Waals surface area contributed by atoms with Crippen LogP contribution in [0.2, 0.25) is 0 Å². The first-order valence-electron chi connectivity index (χ1n) is 11.7. The van der Waals surface area contributed by atoms with Crippen LogP contribution in [0.5, 0.6) is 5.75 Å². The van der Waals surface area contributed by atoms with E-state index in [-0.39, 0.29) is 31.0 Å². The highest BCUT2D eigenvalue weighted by atomic mass is 16.5. The Kier molecular flexibility index (Phi) is 9.35. The number of aliphatic hydroxyl groups is 1. The zero-order chi connectivity index (χ0) is 26.1. The number of benzene rings is 2. The number of aromatic nitrogens is 2. The predicted octanol–water partition coefficient (Wildman–Crippen LogP) is 2.90. The number of aliphatic hydroxyl groups excluding tert-OH is 1. The van der Waals surface area contributed by atoms with Gasteiger partial charge in [-0.25, -0.2) is 4.68 Å². The van der Waals surface area contributed by atoms with Crippen molar-refractivity contribution in [2.24, 2.45) is 13.0 Å². The van der Waals surface area contributed by atoms with Gasteiger partial charge in [0.1, 0.15) is 0 Å². The number of ether oxygens (including phenoxy) is 1. The van der Waals surface area contributed by atoms with Crippen molar-refractivity contribution in [1.82, 2.24) is 9.78 Å². The van der Waals surface area contributed by atoms with Crippen LogP contribution >= 0.6 is 0 Å². The van der Waals surface area contributed by atoms with Crippen molar-refractivity contribution >= 4 is 17.6 Å². The van der Waals surface area contributed by atoms with Crippen LogP contribution in [0.3, 0.4) is 0 Å². The van der Waals surface area contributed by atoms with Gasteiger partial charge in [-0.15, -0.1) is 0 Å². The van der Waals surface area contributed by atoms with Gasteiger partial charge in [-0.3, -0.25) is 14.4 Å². The van der Waals surface area contributed by atoms with E-state index < -0.39 is 11.9 Å². The molecule has 1 aromatic heterocycles. The lowest BCUT2D eigenvalue weighted by atomic mass is 9.93. The van der Waals surface area contributed by atoms with Crippen molar-refractivity contribution in [3.8, 4) is 16.9 Å². The Morgan fingerprint density at radius 2 is 1.81 bits per heavy atom. The second kappa shape index (κ2) is 12.6. The molecule has 1 atom stereocenters. The van der Waals surface area contributed by atoms with Crippen molar-refractivity contribution in [2.45, 2.75) is 25.7 Å². The summed E-state index contributed by atoms with van der Waals surface area (Å²) in [6, 6.07) is 16.2. The summed E-state index contributed by atoms with van der Waals surface area (Å²) in [5.74, 6) is -1.37. The molecular formula is C27H31N3O6. The molecule has 0 spiro atoms. The van der Waals surface area contributed by atoms with Gasteiger partial charge in [-0.2, -0.15) is 5.10 Å². The first kappa shape index (κ1) is 26.6. The molecule has 36 heavy (non-hydrogen) atoms. The molecule has 0 aliphatic heterocycles. The van der Waals surface area contributed by atoms with E-state index >= 15 is 0 Å². The quantitative estimate of drug-likeness (QED) is 0.398. The fraction of sp³-hybridized carbons (Fsp3) is 0.333. The maximum Gasteiger partial charge on any atom is 0.306 e. The summed E-state index contributed by atoms with van der Waals surface area (Å²) in [4.78, 5) is 38.7. The van der Waals surface area contributed by atoms with Crippen LogP contribution in [0, 0.1) is 5.92 Å². The van der Waals surface area contributed by atoms with Crippen LogP contribution in [0.1, 0.15) is 24.8 Å². The largest absolute Gasteiger partial charge is 0.494 e. The van der Waals surface area contributed by atoms with E-state index in [9.17, 15) is 24.6 Å². The lowest BCUT2D eigenvalue weighted by molar-refractivity contribution is -0.142. The maximum atomic E-state index is 12.7.